The highest BCUT2D eigenvalue weighted by Gasteiger charge is 2.14. The van der Waals surface area contributed by atoms with Crippen LogP contribution in [0.2, 0.25) is 0 Å². The molecule has 3 nitrogen and oxygen atoms in total. The highest BCUT2D eigenvalue weighted by molar-refractivity contribution is 7.13. The van der Waals surface area contributed by atoms with Gasteiger partial charge in [-0.1, -0.05) is 67.6 Å². The smallest absolute Gasteiger partial charge is 0.328 e. The van der Waals surface area contributed by atoms with E-state index in [1.807, 2.05) is 24.4 Å². The molecule has 0 aliphatic rings. The van der Waals surface area contributed by atoms with Crippen LogP contribution in [0.5, 0.6) is 0 Å². The van der Waals surface area contributed by atoms with Crippen molar-refractivity contribution < 1.29 is 9.90 Å². The fourth-order valence-corrected chi connectivity index (χ4v) is 4.26. The summed E-state index contributed by atoms with van der Waals surface area (Å²) in [5, 5.41) is 10.0. The van der Waals surface area contributed by atoms with Crippen molar-refractivity contribution in [2.75, 3.05) is 0 Å². The number of hydrogen-bond acceptors (Lipinski definition) is 3. The zero-order valence-electron chi connectivity index (χ0n) is 16.6. The molecule has 4 rings (SSSR count). The van der Waals surface area contributed by atoms with Crippen molar-refractivity contribution in [2.45, 2.75) is 13.3 Å². The molecule has 0 unspecified atom stereocenters. The highest BCUT2D eigenvalue weighted by Crippen LogP contribution is 2.36. The molecule has 3 aromatic carbocycles. The molecule has 4 aromatic rings. The summed E-state index contributed by atoms with van der Waals surface area (Å²) in [6.07, 6.45) is 5.57. The van der Waals surface area contributed by atoms with Gasteiger partial charge in [-0.25, -0.2) is 4.79 Å². The molecule has 0 atom stereocenters. The molecular formula is C26H21NO2S. The molecule has 0 spiro atoms. The monoisotopic (exact) mass is 411 g/mol. The molecule has 0 bridgehead atoms. The van der Waals surface area contributed by atoms with E-state index in [-0.39, 0.29) is 0 Å². The minimum Gasteiger partial charge on any atom is -0.478 e. The number of rotatable bonds is 6. The summed E-state index contributed by atoms with van der Waals surface area (Å²) in [5.74, 6) is -0.949. The molecule has 0 saturated heterocycles. The molecule has 30 heavy (non-hydrogen) atoms. The van der Waals surface area contributed by atoms with Gasteiger partial charge in [-0.3, -0.25) is 0 Å². The van der Waals surface area contributed by atoms with Crippen molar-refractivity contribution in [3.05, 3.63) is 107 Å². The number of carbonyl (C=O) groups is 1. The van der Waals surface area contributed by atoms with Crippen LogP contribution in [-0.4, -0.2) is 15.4 Å². The lowest BCUT2D eigenvalue weighted by atomic mass is 9.87. The van der Waals surface area contributed by atoms with Gasteiger partial charge in [-0.15, -0.1) is 0 Å². The van der Waals surface area contributed by atoms with Crippen LogP contribution in [0, 0.1) is 0 Å². The van der Waals surface area contributed by atoms with Gasteiger partial charge in [0.05, 0.1) is 4.70 Å². The Hall–Kier alpha value is -3.50. The maximum absolute atomic E-state index is 10.8. The van der Waals surface area contributed by atoms with Crippen LogP contribution in [0.3, 0.4) is 0 Å². The summed E-state index contributed by atoms with van der Waals surface area (Å²) in [6, 6.07) is 25.0. The second kappa shape index (κ2) is 8.89. The molecule has 148 valence electrons. The summed E-state index contributed by atoms with van der Waals surface area (Å²) in [6.45, 7) is 2.18. The van der Waals surface area contributed by atoms with Crippen LogP contribution in [0.4, 0.5) is 0 Å². The summed E-state index contributed by atoms with van der Waals surface area (Å²) in [5.41, 5.74) is 6.77. The highest BCUT2D eigenvalue weighted by atomic mass is 32.1. The van der Waals surface area contributed by atoms with E-state index in [0.29, 0.717) is 0 Å². The minimum atomic E-state index is -0.949. The lowest BCUT2D eigenvalue weighted by molar-refractivity contribution is -0.131. The van der Waals surface area contributed by atoms with Crippen LogP contribution in [0.15, 0.2) is 85.1 Å². The lowest BCUT2D eigenvalue weighted by Gasteiger charge is -2.16. The summed E-state index contributed by atoms with van der Waals surface area (Å²) in [4.78, 5) is 10.8. The van der Waals surface area contributed by atoms with Crippen molar-refractivity contribution in [1.29, 1.82) is 0 Å². The number of fused-ring (bicyclic) bond motifs is 1. The largest absolute Gasteiger partial charge is 0.478 e. The predicted molar refractivity (Wildman–Crippen MR) is 125 cm³/mol. The molecule has 0 aliphatic carbocycles. The van der Waals surface area contributed by atoms with Gasteiger partial charge in [0, 0.05) is 17.7 Å². The standard InChI is InChI=1S/C26H21NO2S/c1-2-23(19-6-4-3-5-7-19)26(21-13-14-24-22(16-21)17-27-30-24)20-11-8-18(9-12-20)10-15-25(28)29/h3-17H,2H2,1H3,(H,28,29). The van der Waals surface area contributed by atoms with E-state index in [0.717, 1.165) is 34.6 Å². The first-order valence-electron chi connectivity index (χ1n) is 9.80. The summed E-state index contributed by atoms with van der Waals surface area (Å²) < 4.78 is 5.49. The molecule has 1 heterocycles. The third-order valence-corrected chi connectivity index (χ3v) is 5.82. The van der Waals surface area contributed by atoms with E-state index in [2.05, 4.69) is 65.9 Å². The maximum Gasteiger partial charge on any atom is 0.328 e. The van der Waals surface area contributed by atoms with Crippen molar-refractivity contribution in [3.63, 3.8) is 0 Å². The Morgan fingerprint density at radius 3 is 2.40 bits per heavy atom. The molecule has 0 aliphatic heterocycles. The second-order valence-electron chi connectivity index (χ2n) is 6.95. The first kappa shape index (κ1) is 19.8. The van der Waals surface area contributed by atoms with Crippen LogP contribution in [0.1, 0.15) is 35.6 Å². The number of carboxylic acids is 1. The first-order valence-corrected chi connectivity index (χ1v) is 10.6. The average Bonchev–Trinajstić information content (AvgIpc) is 3.25. The number of allylic oxidation sites excluding steroid dienone is 1. The first-order chi connectivity index (χ1) is 14.7. The van der Waals surface area contributed by atoms with Gasteiger partial charge in [0.1, 0.15) is 0 Å². The molecule has 1 N–H and O–H groups in total. The molecule has 0 fully saturated rings. The summed E-state index contributed by atoms with van der Waals surface area (Å²) >= 11 is 1.50. The van der Waals surface area contributed by atoms with E-state index in [9.17, 15) is 4.79 Å². The average molecular weight is 412 g/mol. The van der Waals surface area contributed by atoms with E-state index in [1.165, 1.54) is 32.9 Å². The fraction of sp³-hybridized carbons (Fsp3) is 0.0769. The van der Waals surface area contributed by atoms with E-state index in [4.69, 9.17) is 5.11 Å². The Morgan fingerprint density at radius 1 is 0.967 bits per heavy atom. The molecule has 0 radical (unpaired) electrons. The third-order valence-electron chi connectivity index (χ3n) is 5.04. The maximum atomic E-state index is 10.8. The normalized spacial score (nSPS) is 12.3. The Labute approximate surface area is 179 Å². The molecule has 0 amide bonds. The van der Waals surface area contributed by atoms with Crippen LogP contribution in [-0.2, 0) is 4.79 Å². The van der Waals surface area contributed by atoms with E-state index >= 15 is 0 Å². The Kier molecular flexibility index (Phi) is 5.87. The minimum absolute atomic E-state index is 0.857. The van der Waals surface area contributed by atoms with E-state index in [1.54, 1.807) is 6.08 Å². The van der Waals surface area contributed by atoms with Crippen LogP contribution >= 0.6 is 11.5 Å². The third kappa shape index (κ3) is 4.24. The fourth-order valence-electron chi connectivity index (χ4n) is 3.64. The summed E-state index contributed by atoms with van der Waals surface area (Å²) in [7, 11) is 0. The van der Waals surface area contributed by atoms with Gasteiger partial charge in [-0.05, 0) is 69.6 Å². The van der Waals surface area contributed by atoms with Gasteiger partial charge >= 0.3 is 5.97 Å². The number of aromatic nitrogens is 1. The zero-order valence-corrected chi connectivity index (χ0v) is 17.4. The predicted octanol–water partition coefficient (Wildman–Crippen LogP) is 6.76. The molecular weight excluding hydrogens is 390 g/mol. The van der Waals surface area contributed by atoms with Gasteiger partial charge in [0.15, 0.2) is 0 Å². The number of aliphatic carboxylic acids is 1. The van der Waals surface area contributed by atoms with Gasteiger partial charge in [0.25, 0.3) is 0 Å². The number of hydrogen-bond donors (Lipinski definition) is 1. The SMILES string of the molecule is CCC(=C(c1ccc(C=CC(=O)O)cc1)c1ccc2sncc2c1)c1ccccc1. The quantitative estimate of drug-likeness (QED) is 0.282. The van der Waals surface area contributed by atoms with Crippen molar-refractivity contribution in [1.82, 2.24) is 4.37 Å². The van der Waals surface area contributed by atoms with E-state index < -0.39 is 5.97 Å². The second-order valence-corrected chi connectivity index (χ2v) is 7.78. The lowest BCUT2D eigenvalue weighted by Crippen LogP contribution is -1.95. The number of benzene rings is 3. The van der Waals surface area contributed by atoms with Crippen LogP contribution in [0.25, 0.3) is 27.3 Å². The van der Waals surface area contributed by atoms with Crippen LogP contribution < -0.4 is 0 Å². The van der Waals surface area contributed by atoms with Crippen molar-refractivity contribution in [3.8, 4) is 0 Å². The molecule has 4 heteroatoms. The molecule has 0 saturated carbocycles. The van der Waals surface area contributed by atoms with Crippen molar-refractivity contribution in [2.24, 2.45) is 0 Å². The Balaban J connectivity index is 1.89. The number of carboxylic acid groups (broad SMARTS) is 1. The Bertz CT molecular complexity index is 1240. The zero-order chi connectivity index (χ0) is 20.9. The van der Waals surface area contributed by atoms with Gasteiger partial charge in [0.2, 0.25) is 0 Å². The van der Waals surface area contributed by atoms with Gasteiger partial charge < -0.3 is 5.11 Å². The number of nitrogens with zero attached hydrogens (tertiary/aromatic N) is 1. The Morgan fingerprint density at radius 2 is 1.70 bits per heavy atom. The van der Waals surface area contributed by atoms with Gasteiger partial charge in [-0.2, -0.15) is 4.37 Å². The molecule has 1 aromatic heterocycles. The topological polar surface area (TPSA) is 50.2 Å². The van der Waals surface area contributed by atoms with Crippen molar-refractivity contribution >= 4 is 44.8 Å².